The molecule has 0 bridgehead atoms. The third-order valence-electron chi connectivity index (χ3n) is 2.96. The first-order valence-electron chi connectivity index (χ1n) is 6.65. The summed E-state index contributed by atoms with van der Waals surface area (Å²) in [5.74, 6) is -0.114. The molecule has 2 aromatic rings. The van der Waals surface area contributed by atoms with Gasteiger partial charge in [-0.15, -0.1) is 0 Å². The lowest BCUT2D eigenvalue weighted by Gasteiger charge is -2.05. The van der Waals surface area contributed by atoms with Crippen molar-refractivity contribution in [2.24, 2.45) is 0 Å². The van der Waals surface area contributed by atoms with Gasteiger partial charge in [-0.2, -0.15) is 0 Å². The number of esters is 1. The number of rotatable bonds is 7. The maximum Gasteiger partial charge on any atom is 0.306 e. The molecule has 0 spiro atoms. The number of nitrogens with zero attached hydrogens (tertiary/aromatic N) is 1. The van der Waals surface area contributed by atoms with Gasteiger partial charge >= 0.3 is 5.97 Å². The van der Waals surface area contributed by atoms with Gasteiger partial charge in [0.1, 0.15) is 6.61 Å². The van der Waals surface area contributed by atoms with Gasteiger partial charge in [-0.3, -0.25) is 4.79 Å². The molecule has 0 amide bonds. The summed E-state index contributed by atoms with van der Waals surface area (Å²) in [6.07, 6.45) is 6.43. The van der Waals surface area contributed by atoms with Crippen molar-refractivity contribution < 1.29 is 9.53 Å². The Labute approximate surface area is 113 Å². The monoisotopic (exact) mass is 257 g/mol. The summed E-state index contributed by atoms with van der Waals surface area (Å²) in [6.45, 7) is 1.33. The van der Waals surface area contributed by atoms with E-state index in [1.54, 1.807) is 0 Å². The molecule has 0 saturated heterocycles. The Morgan fingerprint density at radius 1 is 1.00 bits per heavy atom. The maximum absolute atomic E-state index is 11.5. The summed E-state index contributed by atoms with van der Waals surface area (Å²) in [5, 5.41) is 0. The molecule has 0 aliphatic carbocycles. The minimum atomic E-state index is -0.114. The standard InChI is InChI=1S/C16H19NO2/c18-16(19-14-15-8-2-1-3-9-15)10-4-5-11-17-12-6-7-13-17/h1-3,6-9,12-13H,4-5,10-11,14H2. The lowest BCUT2D eigenvalue weighted by atomic mass is 10.2. The van der Waals surface area contributed by atoms with Gasteiger partial charge in [0.2, 0.25) is 0 Å². The predicted molar refractivity (Wildman–Crippen MR) is 74.5 cm³/mol. The smallest absolute Gasteiger partial charge is 0.306 e. The fraction of sp³-hybridized carbons (Fsp3) is 0.312. The molecular formula is C16H19NO2. The molecule has 0 atom stereocenters. The van der Waals surface area contributed by atoms with Gasteiger partial charge in [-0.05, 0) is 30.5 Å². The first kappa shape index (κ1) is 13.4. The van der Waals surface area contributed by atoms with Crippen LogP contribution in [-0.4, -0.2) is 10.5 Å². The van der Waals surface area contributed by atoms with Crippen molar-refractivity contribution in [3.63, 3.8) is 0 Å². The molecule has 0 unspecified atom stereocenters. The Bertz CT molecular complexity index is 477. The van der Waals surface area contributed by atoms with Crippen molar-refractivity contribution >= 4 is 5.97 Å². The van der Waals surface area contributed by atoms with Crippen LogP contribution >= 0.6 is 0 Å². The molecule has 1 heterocycles. The number of aromatic nitrogens is 1. The molecule has 3 nitrogen and oxygen atoms in total. The maximum atomic E-state index is 11.5. The third-order valence-corrected chi connectivity index (χ3v) is 2.96. The Kier molecular flexibility index (Phi) is 5.23. The van der Waals surface area contributed by atoms with E-state index in [2.05, 4.69) is 4.57 Å². The molecule has 0 aliphatic heterocycles. The number of carbonyl (C=O) groups is 1. The average molecular weight is 257 g/mol. The van der Waals surface area contributed by atoms with Crippen LogP contribution in [0.15, 0.2) is 54.9 Å². The van der Waals surface area contributed by atoms with Gasteiger partial charge in [0.25, 0.3) is 0 Å². The molecule has 0 N–H and O–H groups in total. The van der Waals surface area contributed by atoms with Crippen LogP contribution in [0.5, 0.6) is 0 Å². The highest BCUT2D eigenvalue weighted by molar-refractivity contribution is 5.69. The van der Waals surface area contributed by atoms with E-state index in [9.17, 15) is 4.79 Å². The second kappa shape index (κ2) is 7.41. The van der Waals surface area contributed by atoms with Crippen LogP contribution in [0.4, 0.5) is 0 Å². The van der Waals surface area contributed by atoms with E-state index < -0.39 is 0 Å². The van der Waals surface area contributed by atoms with Crippen molar-refractivity contribution in [1.29, 1.82) is 0 Å². The minimum absolute atomic E-state index is 0.114. The lowest BCUT2D eigenvalue weighted by Crippen LogP contribution is -2.05. The number of unbranched alkanes of at least 4 members (excludes halogenated alkanes) is 1. The van der Waals surface area contributed by atoms with E-state index in [0.29, 0.717) is 13.0 Å². The van der Waals surface area contributed by atoms with E-state index in [0.717, 1.165) is 24.9 Å². The molecule has 0 saturated carbocycles. The summed E-state index contributed by atoms with van der Waals surface area (Å²) >= 11 is 0. The van der Waals surface area contributed by atoms with Gasteiger partial charge in [-0.1, -0.05) is 30.3 Å². The fourth-order valence-electron chi connectivity index (χ4n) is 1.89. The number of hydrogen-bond acceptors (Lipinski definition) is 2. The van der Waals surface area contributed by atoms with Gasteiger partial charge in [-0.25, -0.2) is 0 Å². The molecule has 0 radical (unpaired) electrons. The summed E-state index contributed by atoms with van der Waals surface area (Å²) in [6, 6.07) is 13.8. The van der Waals surface area contributed by atoms with Crippen LogP contribution in [0, 0.1) is 0 Å². The van der Waals surface area contributed by atoms with Crippen LogP contribution in [0.1, 0.15) is 24.8 Å². The zero-order chi connectivity index (χ0) is 13.3. The normalized spacial score (nSPS) is 10.3. The first-order valence-corrected chi connectivity index (χ1v) is 6.65. The summed E-state index contributed by atoms with van der Waals surface area (Å²) in [7, 11) is 0. The minimum Gasteiger partial charge on any atom is -0.461 e. The number of aryl methyl sites for hydroxylation is 1. The van der Waals surface area contributed by atoms with E-state index in [4.69, 9.17) is 4.74 Å². The van der Waals surface area contributed by atoms with Crippen molar-refractivity contribution in [3.05, 3.63) is 60.4 Å². The molecule has 2 rings (SSSR count). The van der Waals surface area contributed by atoms with Crippen LogP contribution in [0.25, 0.3) is 0 Å². The van der Waals surface area contributed by atoms with Crippen molar-refractivity contribution in [2.45, 2.75) is 32.4 Å². The first-order chi connectivity index (χ1) is 9.34. The van der Waals surface area contributed by atoms with Crippen LogP contribution in [0.2, 0.25) is 0 Å². The zero-order valence-electron chi connectivity index (χ0n) is 11.0. The number of carbonyl (C=O) groups excluding carboxylic acids is 1. The number of benzene rings is 1. The molecule has 19 heavy (non-hydrogen) atoms. The quantitative estimate of drug-likeness (QED) is 0.562. The molecule has 1 aromatic heterocycles. The van der Waals surface area contributed by atoms with Crippen molar-refractivity contribution in [2.75, 3.05) is 0 Å². The van der Waals surface area contributed by atoms with E-state index >= 15 is 0 Å². The largest absolute Gasteiger partial charge is 0.461 e. The Balaban J connectivity index is 1.57. The molecule has 0 aliphatic rings. The number of ether oxygens (including phenoxy) is 1. The zero-order valence-corrected chi connectivity index (χ0v) is 11.0. The summed E-state index contributed by atoms with van der Waals surface area (Å²) < 4.78 is 7.34. The summed E-state index contributed by atoms with van der Waals surface area (Å²) in [5.41, 5.74) is 1.03. The second-order valence-electron chi connectivity index (χ2n) is 4.52. The van der Waals surface area contributed by atoms with Gasteiger partial charge in [0.05, 0.1) is 0 Å². The molecule has 100 valence electrons. The highest BCUT2D eigenvalue weighted by atomic mass is 16.5. The van der Waals surface area contributed by atoms with Crippen LogP contribution in [0.3, 0.4) is 0 Å². The topological polar surface area (TPSA) is 31.2 Å². The van der Waals surface area contributed by atoms with Crippen molar-refractivity contribution in [1.82, 2.24) is 4.57 Å². The van der Waals surface area contributed by atoms with Gasteiger partial charge in [0, 0.05) is 25.4 Å². The second-order valence-corrected chi connectivity index (χ2v) is 4.52. The summed E-state index contributed by atoms with van der Waals surface area (Å²) in [4.78, 5) is 11.5. The SMILES string of the molecule is O=C(CCCCn1cccc1)OCc1ccccc1. The van der Waals surface area contributed by atoms with Gasteiger partial charge < -0.3 is 9.30 Å². The predicted octanol–water partition coefficient (Wildman–Crippen LogP) is 3.40. The van der Waals surface area contributed by atoms with E-state index in [1.807, 2.05) is 54.9 Å². The number of hydrogen-bond donors (Lipinski definition) is 0. The van der Waals surface area contributed by atoms with Crippen LogP contribution < -0.4 is 0 Å². The van der Waals surface area contributed by atoms with E-state index in [1.165, 1.54) is 0 Å². The lowest BCUT2D eigenvalue weighted by molar-refractivity contribution is -0.145. The highest BCUT2D eigenvalue weighted by Crippen LogP contribution is 2.05. The third kappa shape index (κ3) is 5.00. The molecular weight excluding hydrogens is 238 g/mol. The Hall–Kier alpha value is -2.03. The molecule has 3 heteroatoms. The van der Waals surface area contributed by atoms with Crippen molar-refractivity contribution in [3.8, 4) is 0 Å². The highest BCUT2D eigenvalue weighted by Gasteiger charge is 2.03. The van der Waals surface area contributed by atoms with Crippen LogP contribution in [-0.2, 0) is 22.7 Å². The molecule has 1 aromatic carbocycles. The average Bonchev–Trinajstić information content (AvgIpc) is 2.96. The molecule has 0 fully saturated rings. The Morgan fingerprint density at radius 2 is 1.74 bits per heavy atom. The Morgan fingerprint density at radius 3 is 2.47 bits per heavy atom. The fourth-order valence-corrected chi connectivity index (χ4v) is 1.89. The van der Waals surface area contributed by atoms with E-state index in [-0.39, 0.29) is 5.97 Å². The van der Waals surface area contributed by atoms with Gasteiger partial charge in [0.15, 0.2) is 0 Å².